The number of rotatable bonds is 5. The lowest BCUT2D eigenvalue weighted by Crippen LogP contribution is -2.62. The van der Waals surface area contributed by atoms with Crippen LogP contribution < -0.4 is 5.32 Å². The molecule has 0 spiro atoms. The number of aliphatic hydroxyl groups is 2. The van der Waals surface area contributed by atoms with Crippen molar-refractivity contribution in [3.05, 3.63) is 30.3 Å². The fourth-order valence-electron chi connectivity index (χ4n) is 2.53. The van der Waals surface area contributed by atoms with Crippen LogP contribution >= 0.6 is 0 Å². The topological polar surface area (TPSA) is 89.9 Å². The maximum Gasteiger partial charge on any atom is 0.243 e. The standard InChI is InChI=1S/C15H24N2O4S/c1-12(2)16-10-15(19)11-17(9-8-14(15)18)22(20,21)13-6-4-3-5-7-13/h3-7,12,14,16,18-19H,8-11H2,1-2H3/t14-,15+/m1/s1. The molecule has 0 bridgehead atoms. The van der Waals surface area contributed by atoms with Gasteiger partial charge in [0.25, 0.3) is 0 Å². The van der Waals surface area contributed by atoms with E-state index in [2.05, 4.69) is 5.32 Å². The fourth-order valence-corrected chi connectivity index (χ4v) is 4.06. The molecule has 2 atom stereocenters. The summed E-state index contributed by atoms with van der Waals surface area (Å²) in [6.45, 7) is 4.08. The Morgan fingerprint density at radius 1 is 1.36 bits per heavy atom. The van der Waals surface area contributed by atoms with Crippen molar-refractivity contribution in [2.45, 2.75) is 42.9 Å². The van der Waals surface area contributed by atoms with Crippen LogP contribution in [-0.4, -0.2) is 60.3 Å². The zero-order valence-corrected chi connectivity index (χ0v) is 13.8. The zero-order valence-electron chi connectivity index (χ0n) is 12.9. The summed E-state index contributed by atoms with van der Waals surface area (Å²) < 4.78 is 26.5. The number of sulfonamides is 1. The summed E-state index contributed by atoms with van der Waals surface area (Å²) in [5.41, 5.74) is -1.48. The molecular formula is C15H24N2O4S. The minimum Gasteiger partial charge on any atom is -0.390 e. The lowest BCUT2D eigenvalue weighted by Gasteiger charge is -2.42. The van der Waals surface area contributed by atoms with E-state index in [1.165, 1.54) is 16.4 Å². The molecule has 1 aromatic carbocycles. The van der Waals surface area contributed by atoms with E-state index in [1.54, 1.807) is 18.2 Å². The highest BCUT2D eigenvalue weighted by Crippen LogP contribution is 2.26. The lowest BCUT2D eigenvalue weighted by molar-refractivity contribution is -0.105. The first-order chi connectivity index (χ1) is 10.3. The molecule has 1 aromatic rings. The molecule has 0 amide bonds. The molecule has 0 unspecified atom stereocenters. The van der Waals surface area contributed by atoms with Crippen LogP contribution in [0.5, 0.6) is 0 Å². The van der Waals surface area contributed by atoms with Crippen LogP contribution in [0.1, 0.15) is 20.3 Å². The summed E-state index contributed by atoms with van der Waals surface area (Å²) in [5.74, 6) is 0. The van der Waals surface area contributed by atoms with Gasteiger partial charge in [-0.25, -0.2) is 8.42 Å². The third-order valence-electron chi connectivity index (χ3n) is 3.92. The fraction of sp³-hybridized carbons (Fsp3) is 0.600. The van der Waals surface area contributed by atoms with Crippen molar-refractivity contribution in [2.75, 3.05) is 19.6 Å². The monoisotopic (exact) mass is 328 g/mol. The molecule has 124 valence electrons. The molecule has 1 saturated heterocycles. The lowest BCUT2D eigenvalue weighted by atomic mass is 9.90. The normalized spacial score (nSPS) is 27.2. The molecule has 6 nitrogen and oxygen atoms in total. The van der Waals surface area contributed by atoms with Crippen LogP contribution in [0.4, 0.5) is 0 Å². The van der Waals surface area contributed by atoms with E-state index in [4.69, 9.17) is 0 Å². The Hall–Kier alpha value is -0.990. The van der Waals surface area contributed by atoms with Gasteiger partial charge in [-0.1, -0.05) is 32.0 Å². The van der Waals surface area contributed by atoms with Crippen molar-refractivity contribution in [1.29, 1.82) is 0 Å². The molecule has 1 aliphatic heterocycles. The number of hydrogen-bond acceptors (Lipinski definition) is 5. The van der Waals surface area contributed by atoms with Crippen molar-refractivity contribution < 1.29 is 18.6 Å². The summed E-state index contributed by atoms with van der Waals surface area (Å²) >= 11 is 0. The van der Waals surface area contributed by atoms with Crippen molar-refractivity contribution in [3.63, 3.8) is 0 Å². The quantitative estimate of drug-likeness (QED) is 0.717. The van der Waals surface area contributed by atoms with Gasteiger partial charge in [0.2, 0.25) is 10.0 Å². The number of hydrogen-bond donors (Lipinski definition) is 3. The van der Waals surface area contributed by atoms with E-state index in [0.717, 1.165) is 0 Å². The number of β-amino-alcohol motifs (C(OH)–C–C–N with tert-alkyl or cyclic N) is 1. The van der Waals surface area contributed by atoms with Gasteiger partial charge < -0.3 is 15.5 Å². The minimum atomic E-state index is -3.66. The number of benzene rings is 1. The Morgan fingerprint density at radius 2 is 2.00 bits per heavy atom. The van der Waals surface area contributed by atoms with E-state index < -0.39 is 21.7 Å². The third kappa shape index (κ3) is 3.67. The van der Waals surface area contributed by atoms with Crippen molar-refractivity contribution in [1.82, 2.24) is 9.62 Å². The zero-order chi connectivity index (χ0) is 16.4. The summed E-state index contributed by atoms with van der Waals surface area (Å²) in [5, 5.41) is 23.8. The van der Waals surface area contributed by atoms with Crippen LogP contribution in [0.15, 0.2) is 35.2 Å². The van der Waals surface area contributed by atoms with E-state index in [0.29, 0.717) is 0 Å². The molecule has 1 aliphatic rings. The highest BCUT2D eigenvalue weighted by atomic mass is 32.2. The minimum absolute atomic E-state index is 0.120. The Morgan fingerprint density at radius 3 is 2.59 bits per heavy atom. The van der Waals surface area contributed by atoms with Gasteiger partial charge in [-0.05, 0) is 18.6 Å². The van der Waals surface area contributed by atoms with Gasteiger partial charge in [0, 0.05) is 25.7 Å². The van der Waals surface area contributed by atoms with Crippen molar-refractivity contribution in [2.24, 2.45) is 0 Å². The first kappa shape index (κ1) is 17.4. The second-order valence-corrected chi connectivity index (χ2v) is 8.03. The summed E-state index contributed by atoms with van der Waals surface area (Å²) in [4.78, 5) is 0.200. The van der Waals surface area contributed by atoms with Crippen LogP contribution in [0.25, 0.3) is 0 Å². The first-order valence-electron chi connectivity index (χ1n) is 7.45. The van der Waals surface area contributed by atoms with Gasteiger partial charge in [-0.15, -0.1) is 0 Å². The van der Waals surface area contributed by atoms with Crippen molar-refractivity contribution in [3.8, 4) is 0 Å². The SMILES string of the molecule is CC(C)NC[C@]1(O)CN(S(=O)(=O)c2ccccc2)CC[C@H]1O. The molecule has 0 saturated carbocycles. The van der Waals surface area contributed by atoms with Gasteiger partial charge >= 0.3 is 0 Å². The second kappa shape index (κ2) is 6.64. The highest BCUT2D eigenvalue weighted by Gasteiger charge is 2.44. The molecule has 0 radical (unpaired) electrons. The summed E-state index contributed by atoms with van der Waals surface area (Å²) in [7, 11) is -3.66. The molecule has 0 aromatic heterocycles. The summed E-state index contributed by atoms with van der Waals surface area (Å²) in [6, 6.07) is 8.29. The van der Waals surface area contributed by atoms with Gasteiger partial charge in [0.15, 0.2) is 0 Å². The van der Waals surface area contributed by atoms with Crippen LogP contribution in [0, 0.1) is 0 Å². The maximum absolute atomic E-state index is 12.6. The van der Waals surface area contributed by atoms with Gasteiger partial charge in [0.1, 0.15) is 5.60 Å². The van der Waals surface area contributed by atoms with E-state index in [-0.39, 0.29) is 37.0 Å². The van der Waals surface area contributed by atoms with Crippen LogP contribution in [0.2, 0.25) is 0 Å². The Bertz CT molecular complexity index is 591. The van der Waals surface area contributed by atoms with E-state index in [1.807, 2.05) is 13.8 Å². The average molecular weight is 328 g/mol. The van der Waals surface area contributed by atoms with Gasteiger partial charge in [-0.2, -0.15) is 4.31 Å². The Labute approximate surface area is 131 Å². The molecule has 0 aliphatic carbocycles. The molecule has 2 rings (SSSR count). The predicted molar refractivity (Wildman–Crippen MR) is 83.9 cm³/mol. The number of nitrogens with one attached hydrogen (secondary N) is 1. The smallest absolute Gasteiger partial charge is 0.243 e. The highest BCUT2D eigenvalue weighted by molar-refractivity contribution is 7.89. The first-order valence-corrected chi connectivity index (χ1v) is 8.89. The number of nitrogens with zero attached hydrogens (tertiary/aromatic N) is 1. The number of aliphatic hydroxyl groups excluding tert-OH is 1. The second-order valence-electron chi connectivity index (χ2n) is 6.10. The Kier molecular flexibility index (Phi) is 5.24. The molecule has 1 fully saturated rings. The molecular weight excluding hydrogens is 304 g/mol. The predicted octanol–water partition coefficient (Wildman–Crippen LogP) is 0.171. The maximum atomic E-state index is 12.6. The molecule has 1 heterocycles. The average Bonchev–Trinajstić information content (AvgIpc) is 2.49. The van der Waals surface area contributed by atoms with Crippen LogP contribution in [-0.2, 0) is 10.0 Å². The number of piperidine rings is 1. The molecule has 22 heavy (non-hydrogen) atoms. The molecule has 3 N–H and O–H groups in total. The Balaban J connectivity index is 2.20. The van der Waals surface area contributed by atoms with E-state index in [9.17, 15) is 18.6 Å². The van der Waals surface area contributed by atoms with Gasteiger partial charge in [0.05, 0.1) is 11.0 Å². The molecule has 7 heteroatoms. The summed E-state index contributed by atoms with van der Waals surface area (Å²) in [6.07, 6.45) is -0.733. The van der Waals surface area contributed by atoms with Crippen molar-refractivity contribution >= 4 is 10.0 Å². The largest absolute Gasteiger partial charge is 0.390 e. The van der Waals surface area contributed by atoms with E-state index >= 15 is 0 Å². The van der Waals surface area contributed by atoms with Gasteiger partial charge in [-0.3, -0.25) is 0 Å². The third-order valence-corrected chi connectivity index (χ3v) is 5.78. The van der Waals surface area contributed by atoms with Crippen LogP contribution in [0.3, 0.4) is 0 Å².